The fraction of sp³-hybridized carbons (Fsp3) is 0.417. The topological polar surface area (TPSA) is 33.0 Å². The third-order valence-corrected chi connectivity index (χ3v) is 4.21. The maximum atomic E-state index is 9.02. The van der Waals surface area contributed by atoms with Crippen molar-refractivity contribution in [2.24, 2.45) is 0 Å². The summed E-state index contributed by atoms with van der Waals surface area (Å²) in [5.74, 6) is 0.941. The van der Waals surface area contributed by atoms with Gasteiger partial charge in [0.1, 0.15) is 6.07 Å². The number of rotatable bonds is 3. The molecule has 1 aliphatic heterocycles. The van der Waals surface area contributed by atoms with Gasteiger partial charge in [-0.3, -0.25) is 0 Å². The van der Waals surface area contributed by atoms with Crippen LogP contribution in [0.1, 0.15) is 18.4 Å². The highest BCUT2D eigenvalue weighted by atomic mass is 79.9. The molecule has 0 saturated carbocycles. The molecule has 0 aliphatic carbocycles. The van der Waals surface area contributed by atoms with Gasteiger partial charge in [-0.15, -0.1) is 11.8 Å². The molecular weight excluding hydrogens is 286 g/mol. The van der Waals surface area contributed by atoms with Crippen LogP contribution >= 0.6 is 27.7 Å². The summed E-state index contributed by atoms with van der Waals surface area (Å²) in [5.41, 5.74) is 0.734. The van der Waals surface area contributed by atoms with E-state index in [4.69, 9.17) is 10.00 Å². The van der Waals surface area contributed by atoms with Crippen LogP contribution in [0.25, 0.3) is 0 Å². The van der Waals surface area contributed by atoms with Gasteiger partial charge in [-0.2, -0.15) is 5.26 Å². The Labute approximate surface area is 108 Å². The van der Waals surface area contributed by atoms with Gasteiger partial charge in [0.25, 0.3) is 0 Å². The number of benzene rings is 1. The van der Waals surface area contributed by atoms with Crippen LogP contribution in [0.3, 0.4) is 0 Å². The average Bonchev–Trinajstić information content (AvgIpc) is 2.80. The molecule has 2 nitrogen and oxygen atoms in total. The quantitative estimate of drug-likeness (QED) is 0.799. The molecule has 4 heteroatoms. The molecule has 84 valence electrons. The lowest BCUT2D eigenvalue weighted by atomic mass is 10.2. The summed E-state index contributed by atoms with van der Waals surface area (Å²) in [7, 11) is 0. The second-order valence-electron chi connectivity index (χ2n) is 3.70. The van der Waals surface area contributed by atoms with Crippen LogP contribution in [-0.4, -0.2) is 18.5 Å². The Kier molecular flexibility index (Phi) is 4.28. The highest BCUT2D eigenvalue weighted by Gasteiger charge is 2.16. The third-order valence-electron chi connectivity index (χ3n) is 2.51. The van der Waals surface area contributed by atoms with Gasteiger partial charge in [-0.05, 0) is 31.0 Å². The predicted molar refractivity (Wildman–Crippen MR) is 68.6 cm³/mol. The number of hydrogen-bond acceptors (Lipinski definition) is 3. The van der Waals surface area contributed by atoms with Gasteiger partial charge in [-0.1, -0.05) is 15.9 Å². The van der Waals surface area contributed by atoms with E-state index in [1.165, 1.54) is 0 Å². The van der Waals surface area contributed by atoms with E-state index < -0.39 is 0 Å². The first-order valence-corrected chi connectivity index (χ1v) is 7.01. The molecule has 1 saturated heterocycles. The fourth-order valence-electron chi connectivity index (χ4n) is 1.67. The minimum atomic E-state index is 0.361. The predicted octanol–water partition coefficient (Wildman–Crippen LogP) is 3.59. The van der Waals surface area contributed by atoms with E-state index in [1.807, 2.05) is 18.2 Å². The number of ether oxygens (including phenoxy) is 1. The summed E-state index contributed by atoms with van der Waals surface area (Å²) in [6.45, 7) is 0.886. The summed E-state index contributed by atoms with van der Waals surface area (Å²) in [4.78, 5) is 1.04. The highest BCUT2D eigenvalue weighted by molar-refractivity contribution is 9.10. The Bertz CT molecular complexity index is 410. The summed E-state index contributed by atoms with van der Waals surface area (Å²) < 4.78 is 6.51. The first-order valence-electron chi connectivity index (χ1n) is 5.23. The van der Waals surface area contributed by atoms with Crippen molar-refractivity contribution >= 4 is 27.7 Å². The summed E-state index contributed by atoms with van der Waals surface area (Å²) in [5, 5.41) is 9.02. The largest absolute Gasteiger partial charge is 0.377 e. The number of hydrogen-bond donors (Lipinski definition) is 0. The Morgan fingerprint density at radius 1 is 1.56 bits per heavy atom. The maximum absolute atomic E-state index is 9.02. The molecule has 0 spiro atoms. The molecule has 1 aliphatic rings. The van der Waals surface area contributed by atoms with Crippen LogP contribution in [0.15, 0.2) is 27.6 Å². The molecule has 2 rings (SSSR count). The molecule has 1 fully saturated rings. The van der Waals surface area contributed by atoms with Crippen molar-refractivity contribution in [3.05, 3.63) is 28.2 Å². The molecule has 1 aromatic carbocycles. The fourth-order valence-corrected chi connectivity index (χ4v) is 3.09. The van der Waals surface area contributed by atoms with E-state index in [0.717, 1.165) is 40.1 Å². The normalized spacial score (nSPS) is 19.6. The molecule has 0 amide bonds. The van der Waals surface area contributed by atoms with Gasteiger partial charge >= 0.3 is 0 Å². The van der Waals surface area contributed by atoms with Crippen molar-refractivity contribution in [2.45, 2.75) is 23.8 Å². The molecule has 1 heterocycles. The van der Waals surface area contributed by atoms with Crippen LogP contribution < -0.4 is 0 Å². The zero-order valence-electron chi connectivity index (χ0n) is 8.78. The lowest BCUT2D eigenvalue weighted by Gasteiger charge is -2.09. The Morgan fingerprint density at radius 2 is 2.44 bits per heavy atom. The van der Waals surface area contributed by atoms with Crippen molar-refractivity contribution in [3.8, 4) is 6.07 Å². The number of halogens is 1. The van der Waals surface area contributed by atoms with Gasteiger partial charge in [0, 0.05) is 21.7 Å². The van der Waals surface area contributed by atoms with Crippen molar-refractivity contribution in [3.63, 3.8) is 0 Å². The number of thioether (sulfide) groups is 1. The molecule has 16 heavy (non-hydrogen) atoms. The van der Waals surface area contributed by atoms with Crippen molar-refractivity contribution < 1.29 is 4.74 Å². The van der Waals surface area contributed by atoms with Crippen molar-refractivity contribution in [1.82, 2.24) is 0 Å². The Hall–Kier alpha value is -0.500. The van der Waals surface area contributed by atoms with E-state index >= 15 is 0 Å². The smallest absolute Gasteiger partial charge is 0.100 e. The third kappa shape index (κ3) is 3.00. The number of nitriles is 1. The van der Waals surface area contributed by atoms with Crippen LogP contribution in [-0.2, 0) is 4.74 Å². The summed E-state index contributed by atoms with van der Waals surface area (Å²) >= 11 is 5.08. The molecular formula is C12H12BrNOS. The number of nitrogens with zero attached hydrogens (tertiary/aromatic N) is 1. The van der Waals surface area contributed by atoms with Crippen LogP contribution in [0.4, 0.5) is 0 Å². The second-order valence-corrected chi connectivity index (χ2v) is 5.68. The van der Waals surface area contributed by atoms with E-state index in [1.54, 1.807) is 11.8 Å². The first-order chi connectivity index (χ1) is 7.79. The molecule has 0 aromatic heterocycles. The maximum Gasteiger partial charge on any atom is 0.100 e. The van der Waals surface area contributed by atoms with Gasteiger partial charge < -0.3 is 4.74 Å². The molecule has 0 N–H and O–H groups in total. The van der Waals surface area contributed by atoms with Crippen molar-refractivity contribution in [1.29, 1.82) is 5.26 Å². The SMILES string of the molecule is N#Cc1cc(Br)ccc1SCC1CCCO1. The highest BCUT2D eigenvalue weighted by Crippen LogP contribution is 2.28. The van der Waals surface area contributed by atoms with Crippen LogP contribution in [0, 0.1) is 11.3 Å². The second kappa shape index (κ2) is 5.72. The van der Waals surface area contributed by atoms with E-state index in [2.05, 4.69) is 22.0 Å². The minimum absolute atomic E-state index is 0.361. The lowest BCUT2D eigenvalue weighted by Crippen LogP contribution is -2.07. The molecule has 1 aromatic rings. The van der Waals surface area contributed by atoms with Gasteiger partial charge in [0.05, 0.1) is 11.7 Å². The van der Waals surface area contributed by atoms with E-state index in [9.17, 15) is 0 Å². The molecule has 0 bridgehead atoms. The van der Waals surface area contributed by atoms with Crippen LogP contribution in [0.2, 0.25) is 0 Å². The monoisotopic (exact) mass is 297 g/mol. The molecule has 0 radical (unpaired) electrons. The zero-order chi connectivity index (χ0) is 11.4. The van der Waals surface area contributed by atoms with Gasteiger partial charge in [0.15, 0.2) is 0 Å². The van der Waals surface area contributed by atoms with Crippen molar-refractivity contribution in [2.75, 3.05) is 12.4 Å². The van der Waals surface area contributed by atoms with E-state index in [-0.39, 0.29) is 0 Å². The Morgan fingerprint density at radius 3 is 3.12 bits per heavy atom. The summed E-state index contributed by atoms with van der Waals surface area (Å²) in [6, 6.07) is 8.04. The molecule has 1 unspecified atom stereocenters. The molecule has 1 atom stereocenters. The van der Waals surface area contributed by atoms with Crippen LogP contribution in [0.5, 0.6) is 0 Å². The van der Waals surface area contributed by atoms with Gasteiger partial charge in [0.2, 0.25) is 0 Å². The summed E-state index contributed by atoms with van der Waals surface area (Å²) in [6.07, 6.45) is 2.67. The average molecular weight is 298 g/mol. The standard InChI is InChI=1S/C12H12BrNOS/c13-10-3-4-12(9(6-10)7-14)16-8-11-2-1-5-15-11/h3-4,6,11H,1-2,5,8H2. The lowest BCUT2D eigenvalue weighted by molar-refractivity contribution is 0.129. The first kappa shape index (κ1) is 12.0. The van der Waals surface area contributed by atoms with E-state index in [0.29, 0.717) is 6.10 Å². The zero-order valence-corrected chi connectivity index (χ0v) is 11.2. The van der Waals surface area contributed by atoms with Gasteiger partial charge in [-0.25, -0.2) is 0 Å². The minimum Gasteiger partial charge on any atom is -0.377 e. The Balaban J connectivity index is 2.00.